The highest BCUT2D eigenvalue weighted by atomic mass is 32.2. The number of morpholine rings is 1. The summed E-state index contributed by atoms with van der Waals surface area (Å²) in [5.41, 5.74) is 1.01. The fourth-order valence-corrected chi connectivity index (χ4v) is 4.33. The summed E-state index contributed by atoms with van der Waals surface area (Å²) < 4.78 is 35.9. The van der Waals surface area contributed by atoms with Gasteiger partial charge in [-0.25, -0.2) is 4.98 Å². The Kier molecular flexibility index (Phi) is 6.00. The molecule has 1 saturated heterocycles. The molecule has 2 aromatic heterocycles. The zero-order chi connectivity index (χ0) is 20.4. The van der Waals surface area contributed by atoms with Crippen molar-refractivity contribution in [2.45, 2.75) is 37.9 Å². The lowest BCUT2D eigenvalue weighted by molar-refractivity contribution is 0.0722. The number of anilines is 1. The Balaban J connectivity index is 1.60. The number of hydrogen-bond donors (Lipinski definition) is 0. The zero-order valence-corrected chi connectivity index (χ0v) is 17.3. The molecule has 0 unspecified atom stereocenters. The van der Waals surface area contributed by atoms with Crippen LogP contribution < -0.4 is 4.90 Å². The van der Waals surface area contributed by atoms with Crippen molar-refractivity contribution < 1.29 is 13.5 Å². The maximum Gasteiger partial charge on any atom is 0.320 e. The lowest BCUT2D eigenvalue weighted by Gasteiger charge is -2.28. The van der Waals surface area contributed by atoms with Gasteiger partial charge in [-0.05, 0) is 18.1 Å². The molecule has 7 nitrogen and oxygen atoms in total. The minimum atomic E-state index is -2.64. The van der Waals surface area contributed by atoms with E-state index in [0.717, 1.165) is 30.1 Å². The van der Waals surface area contributed by atoms with Crippen molar-refractivity contribution in [3.63, 3.8) is 0 Å². The van der Waals surface area contributed by atoms with Gasteiger partial charge in [-0.1, -0.05) is 37.7 Å². The van der Waals surface area contributed by atoms with Crippen molar-refractivity contribution in [1.82, 2.24) is 24.3 Å². The first kappa shape index (κ1) is 20.1. The smallest absolute Gasteiger partial charge is 0.320 e. The fraction of sp³-hybridized carbons (Fsp3) is 0.526. The molecule has 0 saturated carbocycles. The third-order valence-corrected chi connectivity index (χ3v) is 5.70. The Bertz CT molecular complexity index is 967. The second kappa shape index (κ2) is 8.66. The van der Waals surface area contributed by atoms with Crippen molar-refractivity contribution in [2.75, 3.05) is 31.2 Å². The van der Waals surface area contributed by atoms with E-state index in [1.54, 1.807) is 24.3 Å². The van der Waals surface area contributed by atoms with Gasteiger partial charge in [0, 0.05) is 19.6 Å². The molecule has 1 aromatic carbocycles. The number of para-hydroxylation sites is 2. The Hall–Kier alpha value is -2.20. The van der Waals surface area contributed by atoms with Gasteiger partial charge >= 0.3 is 6.55 Å². The predicted molar refractivity (Wildman–Crippen MR) is 108 cm³/mol. The lowest BCUT2D eigenvalue weighted by Crippen LogP contribution is -2.38. The summed E-state index contributed by atoms with van der Waals surface area (Å²) in [6, 6.07) is 6.96. The Morgan fingerprint density at radius 2 is 1.90 bits per heavy atom. The molecular weight excluding hydrogens is 398 g/mol. The highest BCUT2D eigenvalue weighted by molar-refractivity contribution is 7.98. The van der Waals surface area contributed by atoms with Crippen LogP contribution in [0.25, 0.3) is 11.0 Å². The van der Waals surface area contributed by atoms with E-state index in [9.17, 15) is 8.78 Å². The molecule has 10 heteroatoms. The molecule has 156 valence electrons. The van der Waals surface area contributed by atoms with Crippen LogP contribution in [0.5, 0.6) is 0 Å². The SMILES string of the molecule is CC(C)Cn1c(SCc2nc3ccccc3n2C(F)F)nnc1N1CCOCC1. The molecule has 0 spiro atoms. The van der Waals surface area contributed by atoms with Gasteiger partial charge in [-0.3, -0.25) is 9.13 Å². The molecule has 4 rings (SSSR count). The van der Waals surface area contributed by atoms with Crippen LogP contribution in [-0.4, -0.2) is 50.6 Å². The Labute approximate surface area is 172 Å². The molecule has 0 bridgehead atoms. The van der Waals surface area contributed by atoms with E-state index in [0.29, 0.717) is 46.9 Å². The third kappa shape index (κ3) is 4.23. The first-order valence-electron chi connectivity index (χ1n) is 9.67. The number of imidazole rings is 1. The summed E-state index contributed by atoms with van der Waals surface area (Å²) >= 11 is 1.39. The monoisotopic (exact) mass is 422 g/mol. The molecule has 3 heterocycles. The maximum atomic E-state index is 13.7. The molecule has 1 aliphatic rings. The average molecular weight is 423 g/mol. The van der Waals surface area contributed by atoms with E-state index in [1.165, 1.54) is 11.8 Å². The summed E-state index contributed by atoms with van der Waals surface area (Å²) in [6.45, 7) is 5.24. The fourth-order valence-electron chi connectivity index (χ4n) is 3.45. The normalized spacial score (nSPS) is 15.2. The minimum Gasteiger partial charge on any atom is -0.378 e. The second-order valence-electron chi connectivity index (χ2n) is 7.34. The minimum absolute atomic E-state index is 0.290. The van der Waals surface area contributed by atoms with Crippen LogP contribution in [0, 0.1) is 5.92 Å². The van der Waals surface area contributed by atoms with Gasteiger partial charge in [-0.15, -0.1) is 10.2 Å². The van der Waals surface area contributed by atoms with Crippen LogP contribution in [0.4, 0.5) is 14.7 Å². The van der Waals surface area contributed by atoms with Gasteiger partial charge in [0.1, 0.15) is 5.82 Å². The van der Waals surface area contributed by atoms with Gasteiger partial charge < -0.3 is 9.64 Å². The summed E-state index contributed by atoms with van der Waals surface area (Å²) in [5, 5.41) is 9.47. The number of benzene rings is 1. The van der Waals surface area contributed by atoms with E-state index < -0.39 is 6.55 Å². The van der Waals surface area contributed by atoms with Gasteiger partial charge in [0.25, 0.3) is 0 Å². The van der Waals surface area contributed by atoms with Crippen LogP contribution in [0.15, 0.2) is 29.4 Å². The number of nitrogens with zero attached hydrogens (tertiary/aromatic N) is 6. The van der Waals surface area contributed by atoms with E-state index >= 15 is 0 Å². The van der Waals surface area contributed by atoms with Crippen LogP contribution in [0.1, 0.15) is 26.2 Å². The number of ether oxygens (including phenoxy) is 1. The molecule has 0 amide bonds. The van der Waals surface area contributed by atoms with E-state index in [1.807, 2.05) is 0 Å². The largest absolute Gasteiger partial charge is 0.378 e. The Morgan fingerprint density at radius 1 is 1.14 bits per heavy atom. The van der Waals surface area contributed by atoms with E-state index in [4.69, 9.17) is 4.74 Å². The van der Waals surface area contributed by atoms with Gasteiger partial charge in [0.2, 0.25) is 5.95 Å². The number of alkyl halides is 2. The number of halogens is 2. The quantitative estimate of drug-likeness (QED) is 0.540. The van der Waals surface area contributed by atoms with Crippen molar-refractivity contribution >= 4 is 28.7 Å². The molecular formula is C19H24F2N6OS. The first-order valence-corrected chi connectivity index (χ1v) is 10.7. The number of rotatable bonds is 7. The van der Waals surface area contributed by atoms with Crippen molar-refractivity contribution in [3.05, 3.63) is 30.1 Å². The highest BCUT2D eigenvalue weighted by Crippen LogP contribution is 2.30. The van der Waals surface area contributed by atoms with Crippen LogP contribution >= 0.6 is 11.8 Å². The average Bonchev–Trinajstić information content (AvgIpc) is 3.27. The molecule has 0 N–H and O–H groups in total. The molecule has 1 fully saturated rings. The predicted octanol–water partition coefficient (Wildman–Crippen LogP) is 3.81. The zero-order valence-electron chi connectivity index (χ0n) is 16.5. The number of aromatic nitrogens is 5. The molecule has 0 atom stereocenters. The van der Waals surface area contributed by atoms with Crippen LogP contribution in [0.3, 0.4) is 0 Å². The molecule has 1 aliphatic heterocycles. The summed E-state index contributed by atoms with van der Waals surface area (Å²) in [5.74, 6) is 1.83. The first-order chi connectivity index (χ1) is 14.0. The maximum absolute atomic E-state index is 13.7. The summed E-state index contributed by atoms with van der Waals surface area (Å²) in [4.78, 5) is 6.58. The van der Waals surface area contributed by atoms with Gasteiger partial charge in [0.15, 0.2) is 5.16 Å². The summed E-state index contributed by atoms with van der Waals surface area (Å²) in [7, 11) is 0. The molecule has 3 aromatic rings. The van der Waals surface area contributed by atoms with Gasteiger partial charge in [0.05, 0.1) is 30.0 Å². The molecule has 0 aliphatic carbocycles. The van der Waals surface area contributed by atoms with E-state index in [-0.39, 0.29) is 0 Å². The summed E-state index contributed by atoms with van der Waals surface area (Å²) in [6.07, 6.45) is 0. The van der Waals surface area contributed by atoms with Crippen molar-refractivity contribution in [3.8, 4) is 0 Å². The number of hydrogen-bond acceptors (Lipinski definition) is 6. The van der Waals surface area contributed by atoms with Crippen LogP contribution in [0.2, 0.25) is 0 Å². The number of fused-ring (bicyclic) bond motifs is 1. The van der Waals surface area contributed by atoms with E-state index in [2.05, 4.69) is 38.5 Å². The lowest BCUT2D eigenvalue weighted by atomic mass is 10.2. The van der Waals surface area contributed by atoms with Crippen molar-refractivity contribution in [2.24, 2.45) is 5.92 Å². The standard InChI is InChI=1S/C19H24F2N6OS/c1-13(2)11-26-18(25-7-9-28-10-8-25)23-24-19(26)29-12-16-22-14-5-3-4-6-15(14)27(16)17(20)21/h3-6,13,17H,7-12H2,1-2H3. The van der Waals surface area contributed by atoms with Crippen LogP contribution in [-0.2, 0) is 17.0 Å². The number of thioether (sulfide) groups is 1. The van der Waals surface area contributed by atoms with Crippen molar-refractivity contribution in [1.29, 1.82) is 0 Å². The topological polar surface area (TPSA) is 61.0 Å². The molecule has 29 heavy (non-hydrogen) atoms. The highest BCUT2D eigenvalue weighted by Gasteiger charge is 2.23. The Morgan fingerprint density at radius 3 is 2.62 bits per heavy atom. The molecule has 0 radical (unpaired) electrons. The van der Waals surface area contributed by atoms with Gasteiger partial charge in [-0.2, -0.15) is 8.78 Å². The third-order valence-electron chi connectivity index (χ3n) is 4.73. The second-order valence-corrected chi connectivity index (χ2v) is 8.28.